The average molecular weight is 229 g/mol. The molecule has 84 valence electrons. The minimum Gasteiger partial charge on any atom is -0.198 e. The molecule has 0 saturated carbocycles. The van der Waals surface area contributed by atoms with Crippen molar-refractivity contribution in [2.24, 2.45) is 0 Å². The minimum absolute atomic E-state index is 0.566. The third-order valence-corrected chi connectivity index (χ3v) is 5.18. The van der Waals surface area contributed by atoms with Crippen LogP contribution in [0.4, 0.5) is 0 Å². The zero-order valence-electron chi connectivity index (χ0n) is 10.5. The van der Waals surface area contributed by atoms with E-state index in [0.717, 1.165) is 0 Å². The van der Waals surface area contributed by atoms with Crippen molar-refractivity contribution in [3.05, 3.63) is 41.1 Å². The molecule has 1 nitrogen and oxygen atoms in total. The van der Waals surface area contributed by atoms with E-state index in [1.165, 1.54) is 16.3 Å². The van der Waals surface area contributed by atoms with Gasteiger partial charge in [-0.25, -0.2) is 0 Å². The van der Waals surface area contributed by atoms with E-state index in [2.05, 4.69) is 44.8 Å². The fourth-order valence-corrected chi connectivity index (χ4v) is 3.78. The molecular weight excluding hydrogens is 210 g/mol. The lowest BCUT2D eigenvalue weighted by Gasteiger charge is -2.22. The third kappa shape index (κ3) is 3.08. The molecule has 0 bridgehead atoms. The Morgan fingerprint density at radius 2 is 1.75 bits per heavy atom. The highest BCUT2D eigenvalue weighted by atomic mass is 28.3. The summed E-state index contributed by atoms with van der Waals surface area (Å²) in [4.78, 5) is 0. The molecule has 0 aliphatic heterocycles. The van der Waals surface area contributed by atoms with Crippen LogP contribution < -0.4 is 0 Å². The summed E-state index contributed by atoms with van der Waals surface area (Å²) in [7, 11) is -1.40. The van der Waals surface area contributed by atoms with Gasteiger partial charge in [-0.3, -0.25) is 0 Å². The van der Waals surface area contributed by atoms with Crippen LogP contribution in [0.2, 0.25) is 19.6 Å². The first-order chi connectivity index (χ1) is 7.46. The summed E-state index contributed by atoms with van der Waals surface area (Å²) in [5.74, 6) is 0. The Hall–Kier alpha value is -1.33. The Bertz CT molecular complexity index is 418. The molecule has 16 heavy (non-hydrogen) atoms. The van der Waals surface area contributed by atoms with Crippen molar-refractivity contribution in [3.63, 3.8) is 0 Å². The van der Waals surface area contributed by atoms with Crippen molar-refractivity contribution in [3.8, 4) is 6.07 Å². The number of hydrogen-bond donors (Lipinski definition) is 0. The van der Waals surface area contributed by atoms with Crippen LogP contribution in [-0.2, 0) is 0 Å². The third-order valence-electron chi connectivity index (χ3n) is 2.82. The van der Waals surface area contributed by atoms with Crippen LogP contribution in [0.1, 0.15) is 18.9 Å². The predicted molar refractivity (Wildman–Crippen MR) is 72.6 cm³/mol. The minimum atomic E-state index is -1.40. The van der Waals surface area contributed by atoms with Gasteiger partial charge in [-0.15, -0.1) is 0 Å². The zero-order chi connectivity index (χ0) is 12.2. The second-order valence-electron chi connectivity index (χ2n) is 5.05. The molecule has 0 unspecified atom stereocenters. The van der Waals surface area contributed by atoms with Crippen LogP contribution in [0.5, 0.6) is 0 Å². The number of nitriles is 1. The molecule has 0 aromatic heterocycles. The molecule has 0 heterocycles. The lowest BCUT2D eigenvalue weighted by Crippen LogP contribution is -2.24. The van der Waals surface area contributed by atoms with Crippen molar-refractivity contribution in [1.82, 2.24) is 0 Å². The summed E-state index contributed by atoms with van der Waals surface area (Å²) in [6.45, 7) is 9.03. The Morgan fingerprint density at radius 3 is 2.19 bits per heavy atom. The Kier molecular flexibility index (Phi) is 4.09. The average Bonchev–Trinajstić information content (AvgIpc) is 2.25. The SMILES string of the molecule is C/C(=C(/CC#N)[Si](C)(C)C)c1ccccc1. The van der Waals surface area contributed by atoms with Gasteiger partial charge in [-0.05, 0) is 18.1 Å². The van der Waals surface area contributed by atoms with E-state index in [-0.39, 0.29) is 0 Å². The predicted octanol–water partition coefficient (Wildman–Crippen LogP) is 4.25. The van der Waals surface area contributed by atoms with Gasteiger partial charge >= 0.3 is 0 Å². The van der Waals surface area contributed by atoms with Gasteiger partial charge < -0.3 is 0 Å². The molecule has 0 aliphatic carbocycles. The first kappa shape index (κ1) is 12.7. The van der Waals surface area contributed by atoms with Gasteiger partial charge in [0.05, 0.1) is 20.6 Å². The fraction of sp³-hybridized carbons (Fsp3) is 0.357. The number of nitrogens with zero attached hydrogens (tertiary/aromatic N) is 1. The maximum atomic E-state index is 8.93. The van der Waals surface area contributed by atoms with Gasteiger partial charge in [-0.1, -0.05) is 55.2 Å². The second kappa shape index (κ2) is 5.13. The van der Waals surface area contributed by atoms with E-state index >= 15 is 0 Å². The highest BCUT2D eigenvalue weighted by Crippen LogP contribution is 2.27. The Morgan fingerprint density at radius 1 is 1.19 bits per heavy atom. The van der Waals surface area contributed by atoms with Crippen LogP contribution in [0, 0.1) is 11.3 Å². The highest BCUT2D eigenvalue weighted by Gasteiger charge is 2.21. The van der Waals surface area contributed by atoms with Crippen LogP contribution in [0.25, 0.3) is 5.57 Å². The largest absolute Gasteiger partial charge is 0.198 e. The lowest BCUT2D eigenvalue weighted by molar-refractivity contribution is 1.28. The van der Waals surface area contributed by atoms with Gasteiger partial charge in [-0.2, -0.15) is 5.26 Å². The standard InChI is InChI=1S/C14H19NSi/c1-12(13-8-6-5-7-9-13)14(10-11-15)16(2,3)4/h5-9H,10H2,1-4H3/b14-12+. The summed E-state index contributed by atoms with van der Waals surface area (Å²) in [5, 5.41) is 10.3. The molecule has 0 aliphatic rings. The quantitative estimate of drug-likeness (QED) is 0.711. The Balaban J connectivity index is 3.23. The van der Waals surface area contributed by atoms with E-state index in [4.69, 9.17) is 5.26 Å². The van der Waals surface area contributed by atoms with Crippen LogP contribution >= 0.6 is 0 Å². The van der Waals surface area contributed by atoms with Crippen molar-refractivity contribution >= 4 is 13.6 Å². The molecule has 0 spiro atoms. The smallest absolute Gasteiger partial charge is 0.0741 e. The van der Waals surface area contributed by atoms with Crippen molar-refractivity contribution < 1.29 is 0 Å². The molecule has 0 N–H and O–H groups in total. The zero-order valence-corrected chi connectivity index (χ0v) is 11.5. The van der Waals surface area contributed by atoms with Gasteiger partial charge in [0, 0.05) is 0 Å². The van der Waals surface area contributed by atoms with Crippen molar-refractivity contribution in [2.75, 3.05) is 0 Å². The molecule has 0 atom stereocenters. The first-order valence-corrected chi connectivity index (χ1v) is 9.09. The Labute approximate surface area is 99.4 Å². The normalized spacial score (nSPS) is 12.9. The van der Waals surface area contributed by atoms with Gasteiger partial charge in [0.2, 0.25) is 0 Å². The van der Waals surface area contributed by atoms with Crippen LogP contribution in [-0.4, -0.2) is 8.07 Å². The monoisotopic (exact) mass is 229 g/mol. The molecule has 0 saturated heterocycles. The van der Waals surface area contributed by atoms with Crippen LogP contribution in [0.3, 0.4) is 0 Å². The molecule has 0 amide bonds. The first-order valence-electron chi connectivity index (χ1n) is 5.59. The maximum absolute atomic E-state index is 8.93. The molecule has 2 heteroatoms. The summed E-state index contributed by atoms with van der Waals surface area (Å²) in [5.41, 5.74) is 2.54. The fourth-order valence-electron chi connectivity index (χ4n) is 1.90. The highest BCUT2D eigenvalue weighted by molar-refractivity contribution is 6.84. The second-order valence-corrected chi connectivity index (χ2v) is 10.2. The lowest BCUT2D eigenvalue weighted by atomic mass is 10.1. The van der Waals surface area contributed by atoms with E-state index in [9.17, 15) is 0 Å². The van der Waals surface area contributed by atoms with E-state index in [0.29, 0.717) is 6.42 Å². The number of allylic oxidation sites excluding steroid dienone is 2. The van der Waals surface area contributed by atoms with E-state index < -0.39 is 8.07 Å². The van der Waals surface area contributed by atoms with E-state index in [1.54, 1.807) is 0 Å². The summed E-state index contributed by atoms with van der Waals surface area (Å²) < 4.78 is 0. The van der Waals surface area contributed by atoms with Crippen molar-refractivity contribution in [2.45, 2.75) is 33.0 Å². The number of benzene rings is 1. The molecule has 1 rings (SSSR count). The molecular formula is C14H19NSi. The summed E-state index contributed by atoms with van der Waals surface area (Å²) in [6.07, 6.45) is 0.566. The molecule has 1 aromatic rings. The summed E-state index contributed by atoms with van der Waals surface area (Å²) >= 11 is 0. The van der Waals surface area contributed by atoms with Crippen LogP contribution in [0.15, 0.2) is 35.5 Å². The van der Waals surface area contributed by atoms with Gasteiger partial charge in [0.25, 0.3) is 0 Å². The topological polar surface area (TPSA) is 23.8 Å². The summed E-state index contributed by atoms with van der Waals surface area (Å²) in [6, 6.07) is 12.7. The molecule has 1 aromatic carbocycles. The van der Waals surface area contributed by atoms with Crippen molar-refractivity contribution in [1.29, 1.82) is 5.26 Å². The van der Waals surface area contributed by atoms with Gasteiger partial charge in [0.1, 0.15) is 0 Å². The number of hydrogen-bond acceptors (Lipinski definition) is 1. The maximum Gasteiger partial charge on any atom is 0.0741 e. The molecule has 0 radical (unpaired) electrons. The molecule has 0 fully saturated rings. The number of rotatable bonds is 3. The van der Waals surface area contributed by atoms with E-state index in [1.807, 2.05) is 18.2 Å². The van der Waals surface area contributed by atoms with Gasteiger partial charge in [0.15, 0.2) is 0 Å².